The zero-order valence-electron chi connectivity index (χ0n) is 17.7. The van der Waals surface area contributed by atoms with E-state index in [1.54, 1.807) is 18.3 Å². The number of halogens is 1. The van der Waals surface area contributed by atoms with E-state index in [4.69, 9.17) is 4.98 Å². The number of pyridine rings is 2. The molecular weight excluding hydrogens is 391 g/mol. The van der Waals surface area contributed by atoms with Crippen LogP contribution in [-0.2, 0) is 13.1 Å². The van der Waals surface area contributed by atoms with E-state index in [0.717, 1.165) is 49.4 Å². The number of carbonyl (C=O) groups excluding carboxylic acids is 1. The van der Waals surface area contributed by atoms with Crippen molar-refractivity contribution >= 4 is 5.91 Å². The van der Waals surface area contributed by atoms with Gasteiger partial charge in [0.2, 0.25) is 0 Å². The second-order valence-electron chi connectivity index (χ2n) is 8.11. The molecule has 3 heterocycles. The molecule has 1 fully saturated rings. The Morgan fingerprint density at radius 2 is 1.94 bits per heavy atom. The number of hydrogen-bond donors (Lipinski definition) is 1. The van der Waals surface area contributed by atoms with Crippen molar-refractivity contribution < 1.29 is 9.18 Å². The Morgan fingerprint density at radius 1 is 1.13 bits per heavy atom. The molecule has 5 nitrogen and oxygen atoms in total. The Bertz CT molecular complexity index is 1030. The average Bonchev–Trinajstić information content (AvgIpc) is 2.79. The normalized spacial score (nSPS) is 15.0. The molecule has 0 radical (unpaired) electrons. The van der Waals surface area contributed by atoms with Gasteiger partial charge in [0.05, 0.1) is 11.3 Å². The number of piperidine rings is 1. The zero-order chi connectivity index (χ0) is 21.6. The van der Waals surface area contributed by atoms with Crippen LogP contribution in [0.4, 0.5) is 4.39 Å². The van der Waals surface area contributed by atoms with Crippen LogP contribution in [-0.4, -0.2) is 33.9 Å². The Kier molecular flexibility index (Phi) is 6.67. The highest BCUT2D eigenvalue weighted by Crippen LogP contribution is 2.30. The first-order valence-electron chi connectivity index (χ1n) is 10.7. The fraction of sp³-hybridized carbons (Fsp3) is 0.320. The number of nitrogens with one attached hydrogen (secondary N) is 1. The minimum atomic E-state index is -0.303. The minimum Gasteiger partial charge on any atom is -0.348 e. The van der Waals surface area contributed by atoms with E-state index in [9.17, 15) is 9.18 Å². The summed E-state index contributed by atoms with van der Waals surface area (Å²) in [5.41, 5.74) is 4.35. The Labute approximate surface area is 182 Å². The van der Waals surface area contributed by atoms with Crippen molar-refractivity contribution in [3.05, 3.63) is 94.8 Å². The van der Waals surface area contributed by atoms with Crippen LogP contribution in [0.25, 0.3) is 0 Å². The van der Waals surface area contributed by atoms with Gasteiger partial charge in [-0.2, -0.15) is 0 Å². The lowest BCUT2D eigenvalue weighted by Crippen LogP contribution is -2.34. The number of hydrogen-bond acceptors (Lipinski definition) is 4. The maximum Gasteiger partial charge on any atom is 0.253 e. The first-order valence-corrected chi connectivity index (χ1v) is 10.7. The largest absolute Gasteiger partial charge is 0.348 e. The van der Waals surface area contributed by atoms with Gasteiger partial charge in [-0.3, -0.25) is 19.7 Å². The van der Waals surface area contributed by atoms with Gasteiger partial charge in [-0.1, -0.05) is 18.2 Å². The molecule has 6 heteroatoms. The van der Waals surface area contributed by atoms with Crippen molar-refractivity contribution in [3.63, 3.8) is 0 Å². The van der Waals surface area contributed by atoms with Gasteiger partial charge in [-0.25, -0.2) is 4.39 Å². The summed E-state index contributed by atoms with van der Waals surface area (Å²) < 4.78 is 13.4. The smallest absolute Gasteiger partial charge is 0.253 e. The van der Waals surface area contributed by atoms with Gasteiger partial charge >= 0.3 is 0 Å². The summed E-state index contributed by atoms with van der Waals surface area (Å²) in [4.78, 5) is 24.3. The third-order valence-corrected chi connectivity index (χ3v) is 5.75. The predicted octanol–water partition coefficient (Wildman–Crippen LogP) is 4.23. The lowest BCUT2D eigenvalue weighted by Gasteiger charge is -2.32. The Hall–Kier alpha value is -3.12. The molecule has 31 heavy (non-hydrogen) atoms. The number of rotatable bonds is 6. The topological polar surface area (TPSA) is 58.1 Å². The van der Waals surface area contributed by atoms with Crippen molar-refractivity contribution in [2.75, 3.05) is 13.1 Å². The van der Waals surface area contributed by atoms with Crippen LogP contribution >= 0.6 is 0 Å². The summed E-state index contributed by atoms with van der Waals surface area (Å²) in [5.74, 6) is -0.216. The number of aryl methyl sites for hydroxylation is 1. The first-order chi connectivity index (χ1) is 15.1. The molecule has 160 valence electrons. The van der Waals surface area contributed by atoms with Crippen LogP contribution in [0.1, 0.15) is 51.6 Å². The third kappa shape index (κ3) is 5.52. The molecule has 1 aliphatic heterocycles. The van der Waals surface area contributed by atoms with E-state index in [-0.39, 0.29) is 24.2 Å². The lowest BCUT2D eigenvalue weighted by molar-refractivity contribution is 0.0947. The SMILES string of the molecule is Cc1ccc(C(=O)NCc2cccc(F)c2)c(C2CCN(Cc3cccnc3)CC2)n1. The van der Waals surface area contributed by atoms with Gasteiger partial charge in [-0.15, -0.1) is 0 Å². The molecule has 1 N–H and O–H groups in total. The lowest BCUT2D eigenvalue weighted by atomic mass is 9.89. The molecule has 1 aliphatic rings. The van der Waals surface area contributed by atoms with E-state index in [0.29, 0.717) is 5.56 Å². The number of carbonyl (C=O) groups is 1. The number of aromatic nitrogens is 2. The molecule has 4 rings (SSSR count). The molecule has 1 aromatic carbocycles. The van der Waals surface area contributed by atoms with Gasteiger partial charge in [-0.05, 0) is 74.3 Å². The van der Waals surface area contributed by atoms with Crippen LogP contribution in [0.5, 0.6) is 0 Å². The van der Waals surface area contributed by atoms with Crippen molar-refractivity contribution in [2.45, 2.75) is 38.8 Å². The number of likely N-dealkylation sites (tertiary alicyclic amines) is 1. The summed E-state index contributed by atoms with van der Waals surface area (Å²) in [6.45, 7) is 5.05. The van der Waals surface area contributed by atoms with Gasteiger partial charge in [0, 0.05) is 37.1 Å². The molecule has 0 saturated carbocycles. The molecule has 0 atom stereocenters. The predicted molar refractivity (Wildman–Crippen MR) is 118 cm³/mol. The fourth-order valence-corrected chi connectivity index (χ4v) is 4.12. The maximum absolute atomic E-state index is 13.4. The molecule has 0 spiro atoms. The van der Waals surface area contributed by atoms with Crippen molar-refractivity contribution in [1.29, 1.82) is 0 Å². The van der Waals surface area contributed by atoms with Crippen molar-refractivity contribution in [2.24, 2.45) is 0 Å². The molecule has 0 unspecified atom stereocenters. The monoisotopic (exact) mass is 418 g/mol. The standard InChI is InChI=1S/C25H27FN4O/c1-18-7-8-23(25(31)28-16-19-4-2-6-22(26)14-19)24(29-18)21-9-12-30(13-10-21)17-20-5-3-11-27-15-20/h2-8,11,14-15,21H,9-10,12-13,16-17H2,1H3,(H,28,31). The Morgan fingerprint density at radius 3 is 2.68 bits per heavy atom. The van der Waals surface area contributed by atoms with Crippen molar-refractivity contribution in [3.8, 4) is 0 Å². The molecule has 0 aliphatic carbocycles. The molecule has 3 aromatic rings. The zero-order valence-corrected chi connectivity index (χ0v) is 17.7. The van der Waals surface area contributed by atoms with Gasteiger partial charge in [0.15, 0.2) is 0 Å². The van der Waals surface area contributed by atoms with E-state index >= 15 is 0 Å². The highest BCUT2D eigenvalue weighted by Gasteiger charge is 2.26. The highest BCUT2D eigenvalue weighted by atomic mass is 19.1. The molecular formula is C25H27FN4O. The van der Waals surface area contributed by atoms with Crippen LogP contribution in [0.15, 0.2) is 60.9 Å². The molecule has 1 amide bonds. The van der Waals surface area contributed by atoms with Crippen LogP contribution in [0.3, 0.4) is 0 Å². The van der Waals surface area contributed by atoms with Crippen LogP contribution < -0.4 is 5.32 Å². The van der Waals surface area contributed by atoms with Gasteiger partial charge < -0.3 is 5.32 Å². The second-order valence-corrected chi connectivity index (χ2v) is 8.11. The summed E-state index contributed by atoms with van der Waals surface area (Å²) in [6.07, 6.45) is 5.62. The average molecular weight is 419 g/mol. The quantitative estimate of drug-likeness (QED) is 0.651. The minimum absolute atomic E-state index is 0.162. The molecule has 2 aromatic heterocycles. The Balaban J connectivity index is 1.41. The fourth-order valence-electron chi connectivity index (χ4n) is 4.12. The summed E-state index contributed by atoms with van der Waals surface area (Å²) >= 11 is 0. The molecule has 0 bridgehead atoms. The number of nitrogens with zero attached hydrogens (tertiary/aromatic N) is 3. The van der Waals surface area contributed by atoms with E-state index in [1.165, 1.54) is 17.7 Å². The van der Waals surface area contributed by atoms with E-state index in [1.807, 2.05) is 31.3 Å². The first kappa shape index (κ1) is 21.1. The van der Waals surface area contributed by atoms with Crippen LogP contribution in [0, 0.1) is 12.7 Å². The summed E-state index contributed by atoms with van der Waals surface area (Å²) in [7, 11) is 0. The second kappa shape index (κ2) is 9.79. The van der Waals surface area contributed by atoms with Crippen molar-refractivity contribution in [1.82, 2.24) is 20.2 Å². The van der Waals surface area contributed by atoms with E-state index in [2.05, 4.69) is 21.3 Å². The molecule has 1 saturated heterocycles. The van der Waals surface area contributed by atoms with E-state index < -0.39 is 0 Å². The highest BCUT2D eigenvalue weighted by molar-refractivity contribution is 5.95. The summed E-state index contributed by atoms with van der Waals surface area (Å²) in [5, 5.41) is 2.92. The summed E-state index contributed by atoms with van der Waals surface area (Å²) in [6, 6.07) is 14.1. The van der Waals surface area contributed by atoms with Gasteiger partial charge in [0.1, 0.15) is 5.82 Å². The van der Waals surface area contributed by atoms with Gasteiger partial charge in [0.25, 0.3) is 5.91 Å². The number of benzene rings is 1. The van der Waals surface area contributed by atoms with Crippen LogP contribution in [0.2, 0.25) is 0 Å². The third-order valence-electron chi connectivity index (χ3n) is 5.75. The maximum atomic E-state index is 13.4. The number of amides is 1.